The molecule has 23 heavy (non-hydrogen) atoms. The molecular formula is C19H19ClO3. The van der Waals surface area contributed by atoms with Crippen LogP contribution in [-0.4, -0.2) is 12.6 Å². The van der Waals surface area contributed by atoms with Crippen molar-refractivity contribution in [2.75, 3.05) is 6.61 Å². The van der Waals surface area contributed by atoms with Crippen LogP contribution in [0, 0.1) is 13.8 Å². The van der Waals surface area contributed by atoms with Gasteiger partial charge in [-0.15, -0.1) is 0 Å². The Kier molecular flexibility index (Phi) is 5.83. The maximum absolute atomic E-state index is 11.9. The first-order valence-electron chi connectivity index (χ1n) is 7.39. The number of rotatable bonds is 5. The first-order valence-corrected chi connectivity index (χ1v) is 7.77. The molecule has 120 valence electrons. The highest BCUT2D eigenvalue weighted by Gasteiger charge is 2.06. The molecule has 0 saturated carbocycles. The summed E-state index contributed by atoms with van der Waals surface area (Å²) in [5.74, 6) is 0.866. The highest BCUT2D eigenvalue weighted by atomic mass is 35.5. The second-order valence-electron chi connectivity index (χ2n) is 5.13. The van der Waals surface area contributed by atoms with Gasteiger partial charge in [-0.2, -0.15) is 0 Å². The Morgan fingerprint density at radius 2 is 1.70 bits per heavy atom. The third-order valence-electron chi connectivity index (χ3n) is 3.23. The van der Waals surface area contributed by atoms with E-state index in [9.17, 15) is 4.79 Å². The van der Waals surface area contributed by atoms with Gasteiger partial charge in [0.2, 0.25) is 0 Å². The summed E-state index contributed by atoms with van der Waals surface area (Å²) < 4.78 is 10.7. The van der Waals surface area contributed by atoms with Gasteiger partial charge in [0, 0.05) is 11.1 Å². The van der Waals surface area contributed by atoms with Crippen LogP contribution in [0.4, 0.5) is 0 Å². The summed E-state index contributed by atoms with van der Waals surface area (Å²) >= 11 is 6.10. The van der Waals surface area contributed by atoms with Crippen LogP contribution in [0.1, 0.15) is 23.6 Å². The van der Waals surface area contributed by atoms with Crippen molar-refractivity contribution in [3.05, 3.63) is 64.2 Å². The average Bonchev–Trinajstić information content (AvgIpc) is 2.52. The lowest BCUT2D eigenvalue weighted by Gasteiger charge is -2.07. The Bertz CT molecular complexity index is 695. The van der Waals surface area contributed by atoms with Crippen molar-refractivity contribution in [1.82, 2.24) is 0 Å². The predicted octanol–water partition coefficient (Wildman–Crippen LogP) is 4.97. The first-order chi connectivity index (χ1) is 11.0. The number of hydrogen-bond acceptors (Lipinski definition) is 3. The van der Waals surface area contributed by atoms with Gasteiger partial charge in [-0.25, -0.2) is 4.79 Å². The molecular weight excluding hydrogens is 312 g/mol. The lowest BCUT2D eigenvalue weighted by atomic mass is 10.1. The van der Waals surface area contributed by atoms with Crippen LogP contribution in [-0.2, 0) is 4.79 Å². The number of esters is 1. The van der Waals surface area contributed by atoms with E-state index in [0.29, 0.717) is 17.4 Å². The van der Waals surface area contributed by atoms with Crippen molar-refractivity contribution >= 4 is 23.6 Å². The van der Waals surface area contributed by atoms with Crippen LogP contribution < -0.4 is 9.47 Å². The molecule has 0 heterocycles. The fourth-order valence-electron chi connectivity index (χ4n) is 2.12. The third kappa shape index (κ3) is 4.86. The van der Waals surface area contributed by atoms with E-state index in [0.717, 1.165) is 22.4 Å². The summed E-state index contributed by atoms with van der Waals surface area (Å²) in [6.07, 6.45) is 3.10. The van der Waals surface area contributed by atoms with Gasteiger partial charge in [-0.1, -0.05) is 23.7 Å². The molecule has 0 aliphatic rings. The summed E-state index contributed by atoms with van der Waals surface area (Å²) in [5, 5.41) is 0.690. The molecule has 2 aromatic carbocycles. The molecule has 0 saturated heterocycles. The summed E-state index contributed by atoms with van der Waals surface area (Å²) in [6.45, 7) is 6.32. The van der Waals surface area contributed by atoms with Gasteiger partial charge in [-0.05, 0) is 67.8 Å². The molecule has 0 fully saturated rings. The number of hydrogen-bond donors (Lipinski definition) is 0. The second kappa shape index (κ2) is 7.84. The largest absolute Gasteiger partial charge is 0.494 e. The minimum Gasteiger partial charge on any atom is -0.494 e. The van der Waals surface area contributed by atoms with Crippen molar-refractivity contribution in [3.63, 3.8) is 0 Å². The van der Waals surface area contributed by atoms with Crippen molar-refractivity contribution < 1.29 is 14.3 Å². The van der Waals surface area contributed by atoms with Crippen LogP contribution in [0.25, 0.3) is 6.08 Å². The molecule has 4 heteroatoms. The minimum absolute atomic E-state index is 0.431. The molecule has 0 unspecified atom stereocenters. The van der Waals surface area contributed by atoms with E-state index in [4.69, 9.17) is 21.1 Å². The summed E-state index contributed by atoms with van der Waals surface area (Å²) in [6, 6.07) is 11.0. The van der Waals surface area contributed by atoms with Crippen LogP contribution in [0.2, 0.25) is 5.02 Å². The first kappa shape index (κ1) is 17.1. The fourth-order valence-corrected chi connectivity index (χ4v) is 2.23. The molecule has 0 aliphatic heterocycles. The maximum atomic E-state index is 11.9. The molecule has 0 spiro atoms. The maximum Gasteiger partial charge on any atom is 0.336 e. The number of halogens is 1. The molecule has 2 aromatic rings. The van der Waals surface area contributed by atoms with Gasteiger partial charge in [0.15, 0.2) is 0 Å². The molecule has 0 aromatic heterocycles. The molecule has 0 bridgehead atoms. The molecule has 0 aliphatic carbocycles. The molecule has 2 rings (SSSR count). The van der Waals surface area contributed by atoms with Gasteiger partial charge >= 0.3 is 5.97 Å². The van der Waals surface area contributed by atoms with E-state index in [1.807, 2.05) is 45.0 Å². The zero-order valence-corrected chi connectivity index (χ0v) is 14.2. The number of aryl methyl sites for hydroxylation is 2. The highest BCUT2D eigenvalue weighted by Crippen LogP contribution is 2.26. The average molecular weight is 331 g/mol. The van der Waals surface area contributed by atoms with E-state index in [2.05, 4.69) is 0 Å². The van der Waals surface area contributed by atoms with Crippen LogP contribution in [0.15, 0.2) is 42.5 Å². The van der Waals surface area contributed by atoms with Crippen LogP contribution in [0.3, 0.4) is 0 Å². The van der Waals surface area contributed by atoms with Crippen LogP contribution in [0.5, 0.6) is 11.5 Å². The smallest absolute Gasteiger partial charge is 0.336 e. The number of ether oxygens (including phenoxy) is 2. The van der Waals surface area contributed by atoms with E-state index in [1.165, 1.54) is 6.08 Å². The number of carbonyl (C=O) groups excluding carboxylic acids is 1. The van der Waals surface area contributed by atoms with Gasteiger partial charge in [0.1, 0.15) is 11.5 Å². The molecule has 0 radical (unpaired) electrons. The Morgan fingerprint density at radius 1 is 1.09 bits per heavy atom. The van der Waals surface area contributed by atoms with Gasteiger partial charge < -0.3 is 9.47 Å². The molecule has 0 amide bonds. The van der Waals surface area contributed by atoms with Crippen molar-refractivity contribution in [3.8, 4) is 11.5 Å². The Balaban J connectivity index is 2.01. The van der Waals surface area contributed by atoms with Gasteiger partial charge in [0.25, 0.3) is 0 Å². The van der Waals surface area contributed by atoms with E-state index >= 15 is 0 Å². The number of benzene rings is 2. The molecule has 0 atom stereocenters. The van der Waals surface area contributed by atoms with Gasteiger partial charge in [-0.3, -0.25) is 0 Å². The summed E-state index contributed by atoms with van der Waals surface area (Å²) in [7, 11) is 0. The van der Waals surface area contributed by atoms with E-state index < -0.39 is 5.97 Å². The zero-order chi connectivity index (χ0) is 16.8. The standard InChI is InChI=1S/C19H19ClO3/c1-4-22-16-8-5-15(6-9-16)7-10-18(21)23-17-11-13(2)19(20)14(3)12-17/h5-12H,4H2,1-3H3. The van der Waals surface area contributed by atoms with E-state index in [-0.39, 0.29) is 0 Å². The Labute approximate surface area is 141 Å². The van der Waals surface area contributed by atoms with Crippen molar-refractivity contribution in [2.45, 2.75) is 20.8 Å². The Hall–Kier alpha value is -2.26. The molecule has 0 N–H and O–H groups in total. The monoisotopic (exact) mass is 330 g/mol. The summed E-state index contributed by atoms with van der Waals surface area (Å²) in [4.78, 5) is 11.9. The zero-order valence-electron chi connectivity index (χ0n) is 13.4. The van der Waals surface area contributed by atoms with E-state index in [1.54, 1.807) is 18.2 Å². The van der Waals surface area contributed by atoms with Crippen molar-refractivity contribution in [2.24, 2.45) is 0 Å². The van der Waals surface area contributed by atoms with Crippen LogP contribution >= 0.6 is 11.6 Å². The van der Waals surface area contributed by atoms with Gasteiger partial charge in [0.05, 0.1) is 6.61 Å². The minimum atomic E-state index is -0.431. The quantitative estimate of drug-likeness (QED) is 0.441. The highest BCUT2D eigenvalue weighted by molar-refractivity contribution is 6.32. The Morgan fingerprint density at radius 3 is 2.26 bits per heavy atom. The number of carbonyl (C=O) groups is 1. The van der Waals surface area contributed by atoms with Crippen molar-refractivity contribution in [1.29, 1.82) is 0 Å². The fraction of sp³-hybridized carbons (Fsp3) is 0.211. The lowest BCUT2D eigenvalue weighted by molar-refractivity contribution is -0.128. The normalized spacial score (nSPS) is 10.8. The predicted molar refractivity (Wildman–Crippen MR) is 93.2 cm³/mol. The third-order valence-corrected chi connectivity index (χ3v) is 3.83. The molecule has 3 nitrogen and oxygen atoms in total. The lowest BCUT2D eigenvalue weighted by Crippen LogP contribution is -2.04. The second-order valence-corrected chi connectivity index (χ2v) is 5.51. The SMILES string of the molecule is CCOc1ccc(C=CC(=O)Oc2cc(C)c(Cl)c(C)c2)cc1. The summed E-state index contributed by atoms with van der Waals surface area (Å²) in [5.41, 5.74) is 2.66. The topological polar surface area (TPSA) is 35.5 Å².